The summed E-state index contributed by atoms with van der Waals surface area (Å²) >= 11 is 0. The fourth-order valence-electron chi connectivity index (χ4n) is 2.83. The summed E-state index contributed by atoms with van der Waals surface area (Å²) in [5.41, 5.74) is 2.27. The molecule has 0 aliphatic heterocycles. The van der Waals surface area contributed by atoms with Crippen LogP contribution in [0.15, 0.2) is 48.8 Å². The van der Waals surface area contributed by atoms with Crippen molar-refractivity contribution in [1.82, 2.24) is 15.2 Å². The molecule has 0 bridgehead atoms. The van der Waals surface area contributed by atoms with Crippen LogP contribution in [0.3, 0.4) is 0 Å². The lowest BCUT2D eigenvalue weighted by Crippen LogP contribution is -2.38. The lowest BCUT2D eigenvalue weighted by molar-refractivity contribution is 0.246. The number of para-hydroxylation sites is 1. The number of pyridine rings is 1. The third kappa shape index (κ3) is 6.85. The Balaban J connectivity index is 1.89. The summed E-state index contributed by atoms with van der Waals surface area (Å²) in [6, 6.07) is 12.7. The number of ether oxygens (including phenoxy) is 1. The van der Waals surface area contributed by atoms with Crippen molar-refractivity contribution in [3.63, 3.8) is 0 Å². The predicted octanol–water partition coefficient (Wildman–Crippen LogP) is 3.73. The summed E-state index contributed by atoms with van der Waals surface area (Å²) < 4.78 is 6.00. The first kappa shape index (κ1) is 19.4. The molecule has 0 fully saturated rings. The first-order chi connectivity index (χ1) is 12.1. The molecule has 4 nitrogen and oxygen atoms in total. The summed E-state index contributed by atoms with van der Waals surface area (Å²) in [4.78, 5) is 6.43. The maximum atomic E-state index is 6.00. The van der Waals surface area contributed by atoms with Crippen LogP contribution in [0.2, 0.25) is 0 Å². The van der Waals surface area contributed by atoms with E-state index in [0.717, 1.165) is 24.4 Å². The van der Waals surface area contributed by atoms with Crippen LogP contribution in [0.4, 0.5) is 0 Å². The third-order valence-electron chi connectivity index (χ3n) is 4.26. The summed E-state index contributed by atoms with van der Waals surface area (Å²) in [6.45, 7) is 6.88. The maximum absolute atomic E-state index is 6.00. The summed E-state index contributed by atoms with van der Waals surface area (Å²) in [5.74, 6) is 1.63. The molecule has 1 unspecified atom stereocenters. The largest absolute Gasteiger partial charge is 0.489 e. The van der Waals surface area contributed by atoms with E-state index in [-0.39, 0.29) is 0 Å². The number of nitrogens with one attached hydrogen (secondary N) is 1. The second kappa shape index (κ2) is 10.2. The molecule has 2 aromatic rings. The van der Waals surface area contributed by atoms with Crippen LogP contribution in [-0.2, 0) is 13.2 Å². The lowest BCUT2D eigenvalue weighted by Gasteiger charge is -2.26. The maximum Gasteiger partial charge on any atom is 0.124 e. The number of nitrogens with zero attached hydrogens (tertiary/aromatic N) is 2. The van der Waals surface area contributed by atoms with E-state index in [2.05, 4.69) is 55.3 Å². The first-order valence-corrected chi connectivity index (χ1v) is 9.03. The zero-order chi connectivity index (χ0) is 18.1. The van der Waals surface area contributed by atoms with E-state index in [9.17, 15) is 0 Å². The Kier molecular flexibility index (Phi) is 7.89. The van der Waals surface area contributed by atoms with Gasteiger partial charge < -0.3 is 15.0 Å². The molecule has 1 atom stereocenters. The fraction of sp³-hybridized carbons (Fsp3) is 0.476. The van der Waals surface area contributed by atoms with Gasteiger partial charge in [0.1, 0.15) is 12.4 Å². The lowest BCUT2D eigenvalue weighted by atomic mass is 10.0. The molecular weight excluding hydrogens is 310 g/mol. The van der Waals surface area contributed by atoms with Gasteiger partial charge in [0.25, 0.3) is 0 Å². The molecule has 0 spiro atoms. The number of rotatable bonds is 10. The smallest absolute Gasteiger partial charge is 0.124 e. The first-order valence-electron chi connectivity index (χ1n) is 9.03. The van der Waals surface area contributed by atoms with Gasteiger partial charge in [-0.25, -0.2) is 0 Å². The van der Waals surface area contributed by atoms with Gasteiger partial charge in [-0.2, -0.15) is 0 Å². The molecule has 4 heteroatoms. The topological polar surface area (TPSA) is 37.4 Å². The van der Waals surface area contributed by atoms with Crippen LogP contribution in [0.5, 0.6) is 5.75 Å². The van der Waals surface area contributed by atoms with E-state index in [0.29, 0.717) is 18.6 Å². The molecule has 2 rings (SSSR count). The van der Waals surface area contributed by atoms with Gasteiger partial charge in [0.05, 0.1) is 0 Å². The van der Waals surface area contributed by atoms with Crippen LogP contribution in [0.1, 0.15) is 31.4 Å². The van der Waals surface area contributed by atoms with Gasteiger partial charge in [-0.1, -0.05) is 38.1 Å². The van der Waals surface area contributed by atoms with Crippen LogP contribution >= 0.6 is 0 Å². The number of hydrogen-bond donors (Lipinski definition) is 1. The SMILES string of the molecule is CC(C)CC(CNCc1ccccc1OCc1cccnc1)N(C)C. The number of aromatic nitrogens is 1. The minimum atomic E-state index is 0.540. The number of likely N-dealkylation sites (N-methyl/N-ethyl adjacent to an activating group) is 1. The van der Waals surface area contributed by atoms with Gasteiger partial charge in [-0.05, 0) is 38.6 Å². The molecule has 136 valence electrons. The highest BCUT2D eigenvalue weighted by Crippen LogP contribution is 2.19. The quantitative estimate of drug-likeness (QED) is 0.714. The summed E-state index contributed by atoms with van der Waals surface area (Å²) in [6.07, 6.45) is 4.81. The Morgan fingerprint density at radius 2 is 1.92 bits per heavy atom. The average molecular weight is 341 g/mol. The fourth-order valence-corrected chi connectivity index (χ4v) is 2.83. The highest BCUT2D eigenvalue weighted by atomic mass is 16.5. The highest BCUT2D eigenvalue weighted by molar-refractivity contribution is 5.33. The van der Waals surface area contributed by atoms with Crippen molar-refractivity contribution >= 4 is 0 Å². The molecule has 0 amide bonds. The van der Waals surface area contributed by atoms with Crippen molar-refractivity contribution in [2.24, 2.45) is 5.92 Å². The van der Waals surface area contributed by atoms with E-state index < -0.39 is 0 Å². The monoisotopic (exact) mass is 341 g/mol. The van der Waals surface area contributed by atoms with Gasteiger partial charge in [0.2, 0.25) is 0 Å². The molecule has 0 saturated carbocycles. The summed E-state index contributed by atoms with van der Waals surface area (Å²) in [5, 5.41) is 3.59. The second-order valence-electron chi connectivity index (χ2n) is 7.14. The van der Waals surface area contributed by atoms with Crippen molar-refractivity contribution in [2.45, 2.75) is 39.5 Å². The minimum absolute atomic E-state index is 0.540. The van der Waals surface area contributed by atoms with E-state index in [1.807, 2.05) is 30.5 Å². The molecule has 0 radical (unpaired) electrons. The Bertz CT molecular complexity index is 614. The normalized spacial score (nSPS) is 12.6. The number of benzene rings is 1. The number of hydrogen-bond acceptors (Lipinski definition) is 4. The Morgan fingerprint density at radius 3 is 2.60 bits per heavy atom. The zero-order valence-corrected chi connectivity index (χ0v) is 15.9. The van der Waals surface area contributed by atoms with Crippen LogP contribution < -0.4 is 10.1 Å². The predicted molar refractivity (Wildman–Crippen MR) is 104 cm³/mol. The van der Waals surface area contributed by atoms with Crippen molar-refractivity contribution < 1.29 is 4.74 Å². The van der Waals surface area contributed by atoms with Gasteiger partial charge in [-0.3, -0.25) is 4.98 Å². The molecule has 1 aromatic heterocycles. The summed E-state index contributed by atoms with van der Waals surface area (Å²) in [7, 11) is 4.30. The third-order valence-corrected chi connectivity index (χ3v) is 4.26. The van der Waals surface area contributed by atoms with Crippen molar-refractivity contribution in [1.29, 1.82) is 0 Å². The Morgan fingerprint density at radius 1 is 1.12 bits per heavy atom. The molecule has 25 heavy (non-hydrogen) atoms. The van der Waals surface area contributed by atoms with Gasteiger partial charge in [0, 0.05) is 42.7 Å². The molecule has 1 aromatic carbocycles. The van der Waals surface area contributed by atoms with Crippen LogP contribution in [0.25, 0.3) is 0 Å². The van der Waals surface area contributed by atoms with Gasteiger partial charge in [-0.15, -0.1) is 0 Å². The second-order valence-corrected chi connectivity index (χ2v) is 7.14. The van der Waals surface area contributed by atoms with E-state index in [1.165, 1.54) is 12.0 Å². The van der Waals surface area contributed by atoms with Crippen molar-refractivity contribution in [3.8, 4) is 5.75 Å². The average Bonchev–Trinajstić information content (AvgIpc) is 2.60. The standard InChI is InChI=1S/C21H31N3O/c1-17(2)12-20(24(3)4)15-23-14-19-9-5-6-10-21(19)25-16-18-8-7-11-22-13-18/h5-11,13,17,20,23H,12,14-16H2,1-4H3. The van der Waals surface area contributed by atoms with Crippen molar-refractivity contribution in [2.75, 3.05) is 20.6 Å². The zero-order valence-electron chi connectivity index (χ0n) is 15.9. The Labute approximate surface area is 152 Å². The molecule has 0 aliphatic rings. The molecular formula is C21H31N3O. The minimum Gasteiger partial charge on any atom is -0.489 e. The molecule has 0 aliphatic carbocycles. The Hall–Kier alpha value is -1.91. The van der Waals surface area contributed by atoms with E-state index in [1.54, 1.807) is 6.20 Å². The molecule has 0 saturated heterocycles. The molecule has 1 N–H and O–H groups in total. The van der Waals surface area contributed by atoms with Crippen LogP contribution in [-0.4, -0.2) is 36.6 Å². The molecule has 1 heterocycles. The van der Waals surface area contributed by atoms with E-state index in [4.69, 9.17) is 4.74 Å². The van der Waals surface area contributed by atoms with E-state index >= 15 is 0 Å². The highest BCUT2D eigenvalue weighted by Gasteiger charge is 2.13. The van der Waals surface area contributed by atoms with Gasteiger partial charge in [0.15, 0.2) is 0 Å². The van der Waals surface area contributed by atoms with Crippen molar-refractivity contribution in [3.05, 3.63) is 59.9 Å². The van der Waals surface area contributed by atoms with Crippen LogP contribution in [0, 0.1) is 5.92 Å². The van der Waals surface area contributed by atoms with Gasteiger partial charge >= 0.3 is 0 Å².